The second kappa shape index (κ2) is 13.3. The van der Waals surface area contributed by atoms with E-state index in [1.54, 1.807) is 23.1 Å². The van der Waals surface area contributed by atoms with Crippen LogP contribution in [0.5, 0.6) is 5.88 Å². The van der Waals surface area contributed by atoms with Crippen molar-refractivity contribution in [3.63, 3.8) is 0 Å². The first-order valence-corrected chi connectivity index (χ1v) is 15.3. The summed E-state index contributed by atoms with van der Waals surface area (Å²) in [4.78, 5) is 36.6. The Bertz CT molecular complexity index is 1780. The Hall–Kier alpha value is -5.04. The lowest BCUT2D eigenvalue weighted by molar-refractivity contribution is -0.117. The lowest BCUT2D eigenvalue weighted by Gasteiger charge is -2.17. The first-order valence-electron chi connectivity index (χ1n) is 15.3. The summed E-state index contributed by atoms with van der Waals surface area (Å²) < 4.78 is 7.92. The van der Waals surface area contributed by atoms with Gasteiger partial charge in [0, 0.05) is 74.0 Å². The van der Waals surface area contributed by atoms with Gasteiger partial charge in [-0.3, -0.25) is 14.4 Å². The number of unbranched alkanes of at least 4 members (excludes halogenated alkanes) is 1. The Morgan fingerprint density at radius 1 is 1.16 bits per heavy atom. The molecule has 1 aromatic carbocycles. The molecular weight excluding hydrogens is 570 g/mol. The molecule has 1 atom stereocenters. The Morgan fingerprint density at radius 2 is 2.04 bits per heavy atom. The van der Waals surface area contributed by atoms with Crippen LogP contribution in [0.25, 0.3) is 22.2 Å². The number of ether oxygens (including phenoxy) is 1. The van der Waals surface area contributed by atoms with Gasteiger partial charge in [-0.15, -0.1) is 0 Å². The Labute approximate surface area is 261 Å². The lowest BCUT2D eigenvalue weighted by atomic mass is 10.1. The van der Waals surface area contributed by atoms with Crippen LogP contribution in [0, 0.1) is 13.8 Å². The summed E-state index contributed by atoms with van der Waals surface area (Å²) in [6.45, 7) is 8.63. The zero-order valence-electron chi connectivity index (χ0n) is 26.1. The number of amides is 1. The van der Waals surface area contributed by atoms with Crippen LogP contribution in [-0.2, 0) is 11.8 Å². The van der Waals surface area contributed by atoms with Crippen molar-refractivity contribution in [1.29, 1.82) is 0 Å². The predicted molar refractivity (Wildman–Crippen MR) is 175 cm³/mol. The zero-order valence-corrected chi connectivity index (χ0v) is 26.1. The maximum Gasteiger partial charge on any atom is 0.238 e. The van der Waals surface area contributed by atoms with E-state index in [-0.39, 0.29) is 18.6 Å². The summed E-state index contributed by atoms with van der Waals surface area (Å²) in [6.07, 6.45) is 8.36. The molecule has 4 N–H and O–H groups in total. The predicted octanol–water partition coefficient (Wildman–Crippen LogP) is 4.81. The van der Waals surface area contributed by atoms with Crippen molar-refractivity contribution >= 4 is 40.2 Å². The number of hydrogen-bond acceptors (Lipinski definition) is 10. The van der Waals surface area contributed by atoms with Gasteiger partial charge in [-0.05, 0) is 38.3 Å². The molecule has 6 rings (SSSR count). The number of rotatable bonds is 12. The van der Waals surface area contributed by atoms with E-state index < -0.39 is 0 Å². The number of aryl methyl sites for hydroxylation is 3. The molecule has 0 aliphatic carbocycles. The van der Waals surface area contributed by atoms with E-state index in [4.69, 9.17) is 9.72 Å². The fourth-order valence-electron chi connectivity index (χ4n) is 5.44. The van der Waals surface area contributed by atoms with Gasteiger partial charge in [-0.25, -0.2) is 15.0 Å². The average Bonchev–Trinajstić information content (AvgIpc) is 3.73. The Balaban J connectivity index is 1.09. The molecule has 1 fully saturated rings. The molecule has 5 aromatic rings. The molecule has 1 aliphatic rings. The number of benzene rings is 1. The van der Waals surface area contributed by atoms with E-state index >= 15 is 0 Å². The standard InChI is InChI=1S/C32H39N11O2/c1-5-6-12-33-31-34-13-10-28(39-31)45-22-11-14-43(18-22)19-27(44)37-25-9-7-8-23-24(17-35-30(23)25)29-20(2)16-36-32(40-29)38-26-15-21(3)42(4)41-26/h7-10,13,15-17,22,35H,5-6,11-12,14,18-19H2,1-4H3,(H,37,44)(H,33,34,39)(H,36,38,40,41). The first-order chi connectivity index (χ1) is 21.9. The monoisotopic (exact) mass is 609 g/mol. The fraction of sp³-hybridized carbons (Fsp3) is 0.375. The molecule has 1 unspecified atom stereocenters. The summed E-state index contributed by atoms with van der Waals surface area (Å²) in [5.41, 5.74) is 5.24. The maximum absolute atomic E-state index is 13.1. The maximum atomic E-state index is 13.1. The molecule has 1 aliphatic heterocycles. The highest BCUT2D eigenvalue weighted by molar-refractivity contribution is 6.06. The van der Waals surface area contributed by atoms with Gasteiger partial charge in [-0.1, -0.05) is 25.5 Å². The number of aromatic nitrogens is 7. The number of nitrogens with zero attached hydrogens (tertiary/aromatic N) is 7. The second-order valence-electron chi connectivity index (χ2n) is 11.4. The third-order valence-electron chi connectivity index (χ3n) is 7.90. The molecule has 0 radical (unpaired) electrons. The highest BCUT2D eigenvalue weighted by Gasteiger charge is 2.26. The molecule has 0 bridgehead atoms. The van der Waals surface area contributed by atoms with Crippen LogP contribution >= 0.6 is 0 Å². The molecule has 4 aromatic heterocycles. The van der Waals surface area contributed by atoms with Gasteiger partial charge < -0.3 is 25.7 Å². The Kier molecular flexibility index (Phi) is 8.87. The lowest BCUT2D eigenvalue weighted by Crippen LogP contribution is -2.33. The van der Waals surface area contributed by atoms with E-state index in [9.17, 15) is 4.79 Å². The minimum absolute atomic E-state index is 0.0391. The molecule has 1 saturated heterocycles. The Morgan fingerprint density at radius 3 is 2.87 bits per heavy atom. The second-order valence-corrected chi connectivity index (χ2v) is 11.4. The number of nitrogens with one attached hydrogen (secondary N) is 4. The largest absolute Gasteiger partial charge is 0.473 e. The van der Waals surface area contributed by atoms with Crippen molar-refractivity contribution in [1.82, 2.24) is 39.6 Å². The molecule has 45 heavy (non-hydrogen) atoms. The van der Waals surface area contributed by atoms with Gasteiger partial charge in [0.15, 0.2) is 5.82 Å². The normalized spacial score (nSPS) is 15.0. The highest BCUT2D eigenvalue weighted by atomic mass is 16.5. The number of para-hydroxylation sites is 1. The molecule has 234 valence electrons. The summed E-state index contributed by atoms with van der Waals surface area (Å²) in [5, 5.41) is 14.9. The number of hydrogen-bond donors (Lipinski definition) is 4. The van der Waals surface area contributed by atoms with Crippen LogP contribution in [0.2, 0.25) is 0 Å². The fourth-order valence-corrected chi connectivity index (χ4v) is 5.44. The van der Waals surface area contributed by atoms with E-state index in [1.165, 1.54) is 0 Å². The smallest absolute Gasteiger partial charge is 0.238 e. The third-order valence-corrected chi connectivity index (χ3v) is 7.90. The first kappa shape index (κ1) is 30.0. The minimum Gasteiger partial charge on any atom is -0.473 e. The van der Waals surface area contributed by atoms with Crippen LogP contribution in [0.4, 0.5) is 23.4 Å². The van der Waals surface area contributed by atoms with E-state index in [2.05, 4.69) is 52.8 Å². The number of likely N-dealkylation sites (tertiary alicyclic amines) is 1. The number of carbonyl (C=O) groups excluding carboxylic acids is 1. The van der Waals surface area contributed by atoms with Gasteiger partial charge in [0.2, 0.25) is 23.7 Å². The third kappa shape index (κ3) is 7.04. The average molecular weight is 610 g/mol. The van der Waals surface area contributed by atoms with Crippen molar-refractivity contribution in [2.75, 3.05) is 42.1 Å². The van der Waals surface area contributed by atoms with Crippen molar-refractivity contribution in [2.45, 2.75) is 46.1 Å². The van der Waals surface area contributed by atoms with Crippen molar-refractivity contribution in [2.24, 2.45) is 7.05 Å². The molecular formula is C32H39N11O2. The van der Waals surface area contributed by atoms with Gasteiger partial charge in [0.1, 0.15) is 6.10 Å². The number of H-pyrrole nitrogens is 1. The summed E-state index contributed by atoms with van der Waals surface area (Å²) >= 11 is 0. The zero-order chi connectivity index (χ0) is 31.3. The van der Waals surface area contributed by atoms with E-state index in [0.717, 1.165) is 65.8 Å². The molecule has 1 amide bonds. The van der Waals surface area contributed by atoms with Gasteiger partial charge in [0.05, 0.1) is 23.4 Å². The number of carbonyl (C=O) groups is 1. The summed E-state index contributed by atoms with van der Waals surface area (Å²) in [6, 6.07) is 9.58. The van der Waals surface area contributed by atoms with Gasteiger partial charge >= 0.3 is 0 Å². The molecule has 13 nitrogen and oxygen atoms in total. The van der Waals surface area contributed by atoms with E-state index in [1.807, 2.05) is 51.4 Å². The van der Waals surface area contributed by atoms with Crippen LogP contribution in [0.1, 0.15) is 37.4 Å². The SMILES string of the molecule is CCCCNc1nccc(OC2CCN(CC(=O)Nc3cccc4c(-c5nc(Nc6cc(C)n(C)n6)ncc5C)c[nH]c34)C2)n1. The van der Waals surface area contributed by atoms with E-state index in [0.29, 0.717) is 35.8 Å². The quantitative estimate of drug-likeness (QED) is 0.145. The molecule has 13 heteroatoms. The van der Waals surface area contributed by atoms with Gasteiger partial charge in [0.25, 0.3) is 0 Å². The summed E-state index contributed by atoms with van der Waals surface area (Å²) in [5.74, 6) is 2.18. The van der Waals surface area contributed by atoms with Crippen LogP contribution in [0.3, 0.4) is 0 Å². The molecule has 0 spiro atoms. The topological polar surface area (TPSA) is 151 Å². The minimum atomic E-state index is -0.0842. The molecule has 5 heterocycles. The number of fused-ring (bicyclic) bond motifs is 1. The van der Waals surface area contributed by atoms with Crippen molar-refractivity contribution in [3.05, 3.63) is 60.2 Å². The van der Waals surface area contributed by atoms with Crippen molar-refractivity contribution < 1.29 is 9.53 Å². The highest BCUT2D eigenvalue weighted by Crippen LogP contribution is 2.33. The number of anilines is 4. The van der Waals surface area contributed by atoms with Crippen LogP contribution in [-0.4, -0.2) is 77.8 Å². The van der Waals surface area contributed by atoms with Crippen LogP contribution in [0.15, 0.2) is 48.9 Å². The number of aromatic amines is 1. The molecule has 0 saturated carbocycles. The van der Waals surface area contributed by atoms with Crippen molar-refractivity contribution in [3.8, 4) is 17.1 Å². The summed E-state index contributed by atoms with van der Waals surface area (Å²) in [7, 11) is 1.89. The van der Waals surface area contributed by atoms with Gasteiger partial charge in [-0.2, -0.15) is 10.1 Å². The van der Waals surface area contributed by atoms with Crippen LogP contribution < -0.4 is 20.7 Å².